The van der Waals surface area contributed by atoms with Gasteiger partial charge in [0.1, 0.15) is 0 Å². The van der Waals surface area contributed by atoms with Crippen molar-refractivity contribution in [2.75, 3.05) is 11.1 Å². The lowest BCUT2D eigenvalue weighted by atomic mass is 10.2. The Kier molecular flexibility index (Phi) is 3.69. The molecular formula is C13H16F2N4. The number of nitrogens with two attached hydrogens (primary N) is 1. The number of nitrogen functional groups attached to an aromatic ring is 1. The first-order chi connectivity index (χ1) is 9.02. The van der Waals surface area contributed by atoms with Gasteiger partial charge in [-0.05, 0) is 18.6 Å². The van der Waals surface area contributed by atoms with Crippen molar-refractivity contribution < 1.29 is 8.78 Å². The number of hydrogen-bond acceptors (Lipinski definition) is 3. The fourth-order valence-corrected chi connectivity index (χ4v) is 1.88. The van der Waals surface area contributed by atoms with Crippen LogP contribution in [0.3, 0.4) is 0 Å². The van der Waals surface area contributed by atoms with Crippen molar-refractivity contribution in [1.82, 2.24) is 9.78 Å². The smallest absolute Gasteiger partial charge is 0.160 e. The van der Waals surface area contributed by atoms with Crippen molar-refractivity contribution in [3.05, 3.63) is 35.5 Å². The molecule has 0 spiro atoms. The second kappa shape index (κ2) is 5.26. The molecule has 0 radical (unpaired) electrons. The molecule has 0 aliphatic carbocycles. The van der Waals surface area contributed by atoms with Crippen LogP contribution in [0.5, 0.6) is 0 Å². The molecule has 3 N–H and O–H groups in total. The van der Waals surface area contributed by atoms with E-state index in [0.29, 0.717) is 17.2 Å². The molecular weight excluding hydrogens is 250 g/mol. The largest absolute Gasteiger partial charge is 0.394 e. The molecule has 0 saturated carbocycles. The minimum absolute atomic E-state index is 0.427. The van der Waals surface area contributed by atoms with Crippen molar-refractivity contribution in [2.24, 2.45) is 7.05 Å². The summed E-state index contributed by atoms with van der Waals surface area (Å²) in [6.45, 7) is 2.04. The standard InChI is InChI=1S/C13H16F2N4/c1-3-4-11-12(16)13(19(2)18-11)17-8-5-6-9(14)10(15)7-8/h5-7,17H,3-4,16H2,1-2H3. The predicted molar refractivity (Wildman–Crippen MR) is 71.3 cm³/mol. The van der Waals surface area contributed by atoms with E-state index in [1.165, 1.54) is 6.07 Å². The van der Waals surface area contributed by atoms with E-state index in [9.17, 15) is 8.78 Å². The summed E-state index contributed by atoms with van der Waals surface area (Å²) in [6.07, 6.45) is 1.71. The third-order valence-electron chi connectivity index (χ3n) is 2.83. The number of halogens is 2. The molecule has 102 valence electrons. The first-order valence-electron chi connectivity index (χ1n) is 6.06. The summed E-state index contributed by atoms with van der Waals surface area (Å²) in [6, 6.07) is 3.60. The Labute approximate surface area is 110 Å². The highest BCUT2D eigenvalue weighted by Crippen LogP contribution is 2.27. The minimum atomic E-state index is -0.903. The highest BCUT2D eigenvalue weighted by molar-refractivity contribution is 5.71. The van der Waals surface area contributed by atoms with Crippen LogP contribution in [0, 0.1) is 11.6 Å². The number of aryl methyl sites for hydroxylation is 2. The van der Waals surface area contributed by atoms with Gasteiger partial charge < -0.3 is 11.1 Å². The number of aromatic nitrogens is 2. The van der Waals surface area contributed by atoms with Crippen LogP contribution in [-0.2, 0) is 13.5 Å². The molecule has 0 unspecified atom stereocenters. The van der Waals surface area contributed by atoms with Crippen LogP contribution in [0.15, 0.2) is 18.2 Å². The molecule has 0 saturated heterocycles. The van der Waals surface area contributed by atoms with Gasteiger partial charge in [-0.15, -0.1) is 0 Å². The van der Waals surface area contributed by atoms with Gasteiger partial charge in [0.15, 0.2) is 17.5 Å². The Balaban J connectivity index is 2.30. The number of hydrogen-bond donors (Lipinski definition) is 2. The molecule has 0 bridgehead atoms. The second-order valence-corrected chi connectivity index (χ2v) is 4.34. The first-order valence-corrected chi connectivity index (χ1v) is 6.06. The molecule has 6 heteroatoms. The van der Waals surface area contributed by atoms with E-state index in [-0.39, 0.29) is 0 Å². The maximum Gasteiger partial charge on any atom is 0.160 e. The van der Waals surface area contributed by atoms with Gasteiger partial charge in [-0.25, -0.2) is 8.78 Å². The Bertz CT molecular complexity index is 593. The summed E-state index contributed by atoms with van der Waals surface area (Å²) in [5.74, 6) is -1.20. The molecule has 19 heavy (non-hydrogen) atoms. The summed E-state index contributed by atoms with van der Waals surface area (Å²) in [5.41, 5.74) is 7.76. The van der Waals surface area contributed by atoms with Crippen LogP contribution < -0.4 is 11.1 Å². The Morgan fingerprint density at radius 3 is 2.68 bits per heavy atom. The zero-order valence-electron chi connectivity index (χ0n) is 10.9. The van der Waals surface area contributed by atoms with Gasteiger partial charge in [-0.3, -0.25) is 4.68 Å². The average molecular weight is 266 g/mol. The Morgan fingerprint density at radius 1 is 1.32 bits per heavy atom. The van der Waals surface area contributed by atoms with Crippen molar-refractivity contribution >= 4 is 17.2 Å². The van der Waals surface area contributed by atoms with Crippen molar-refractivity contribution in [2.45, 2.75) is 19.8 Å². The van der Waals surface area contributed by atoms with Crippen LogP contribution in [0.1, 0.15) is 19.0 Å². The Hall–Kier alpha value is -2.11. The SMILES string of the molecule is CCCc1nn(C)c(Nc2ccc(F)c(F)c2)c1N. The lowest BCUT2D eigenvalue weighted by molar-refractivity contribution is 0.509. The quantitative estimate of drug-likeness (QED) is 0.894. The van der Waals surface area contributed by atoms with Gasteiger partial charge in [0.2, 0.25) is 0 Å². The van der Waals surface area contributed by atoms with Crippen molar-refractivity contribution in [3.63, 3.8) is 0 Å². The number of anilines is 3. The number of rotatable bonds is 4. The summed E-state index contributed by atoms with van der Waals surface area (Å²) < 4.78 is 27.6. The van der Waals surface area contributed by atoms with E-state index in [1.54, 1.807) is 11.7 Å². The fraction of sp³-hybridized carbons (Fsp3) is 0.308. The van der Waals surface area contributed by atoms with Crippen LogP contribution in [0.25, 0.3) is 0 Å². The molecule has 1 heterocycles. The van der Waals surface area contributed by atoms with E-state index < -0.39 is 11.6 Å². The molecule has 0 amide bonds. The zero-order chi connectivity index (χ0) is 14.0. The first kappa shape index (κ1) is 13.3. The average Bonchev–Trinajstić information content (AvgIpc) is 2.62. The number of benzene rings is 1. The zero-order valence-corrected chi connectivity index (χ0v) is 10.9. The van der Waals surface area contributed by atoms with Crippen LogP contribution in [0.4, 0.5) is 26.0 Å². The van der Waals surface area contributed by atoms with Crippen LogP contribution in [-0.4, -0.2) is 9.78 Å². The predicted octanol–water partition coefficient (Wildman–Crippen LogP) is 2.98. The van der Waals surface area contributed by atoms with E-state index in [0.717, 1.165) is 30.7 Å². The van der Waals surface area contributed by atoms with Crippen molar-refractivity contribution in [3.8, 4) is 0 Å². The van der Waals surface area contributed by atoms with Gasteiger partial charge >= 0.3 is 0 Å². The summed E-state index contributed by atoms with van der Waals surface area (Å²) in [5, 5.41) is 7.25. The lowest BCUT2D eigenvalue weighted by Gasteiger charge is -2.08. The third kappa shape index (κ3) is 2.67. The van der Waals surface area contributed by atoms with Crippen LogP contribution in [0.2, 0.25) is 0 Å². The van der Waals surface area contributed by atoms with E-state index in [4.69, 9.17) is 5.73 Å². The van der Waals surface area contributed by atoms with E-state index >= 15 is 0 Å². The third-order valence-corrected chi connectivity index (χ3v) is 2.83. The Morgan fingerprint density at radius 2 is 2.05 bits per heavy atom. The summed E-state index contributed by atoms with van der Waals surface area (Å²) in [4.78, 5) is 0. The van der Waals surface area contributed by atoms with Gasteiger partial charge in [-0.1, -0.05) is 13.3 Å². The minimum Gasteiger partial charge on any atom is -0.394 e. The molecule has 1 aromatic carbocycles. The van der Waals surface area contributed by atoms with Gasteiger partial charge in [0, 0.05) is 18.8 Å². The maximum absolute atomic E-state index is 13.1. The summed E-state index contributed by atoms with van der Waals surface area (Å²) in [7, 11) is 1.75. The highest BCUT2D eigenvalue weighted by atomic mass is 19.2. The monoisotopic (exact) mass is 266 g/mol. The molecule has 0 atom stereocenters. The van der Waals surface area contributed by atoms with Gasteiger partial charge in [0.05, 0.1) is 11.4 Å². The van der Waals surface area contributed by atoms with E-state index in [2.05, 4.69) is 10.4 Å². The maximum atomic E-state index is 13.1. The normalized spacial score (nSPS) is 10.7. The molecule has 0 fully saturated rings. The molecule has 2 rings (SSSR count). The van der Waals surface area contributed by atoms with Crippen molar-refractivity contribution in [1.29, 1.82) is 0 Å². The lowest BCUT2D eigenvalue weighted by Crippen LogP contribution is -2.02. The summed E-state index contributed by atoms with van der Waals surface area (Å²) >= 11 is 0. The topological polar surface area (TPSA) is 55.9 Å². The van der Waals surface area contributed by atoms with E-state index in [1.807, 2.05) is 6.92 Å². The van der Waals surface area contributed by atoms with Gasteiger partial charge in [0.25, 0.3) is 0 Å². The van der Waals surface area contributed by atoms with Crippen LogP contribution >= 0.6 is 0 Å². The number of nitrogens with zero attached hydrogens (tertiary/aromatic N) is 2. The molecule has 4 nitrogen and oxygen atoms in total. The number of nitrogens with one attached hydrogen (secondary N) is 1. The molecule has 0 aliphatic heterocycles. The fourth-order valence-electron chi connectivity index (χ4n) is 1.88. The molecule has 0 aliphatic rings. The molecule has 1 aromatic heterocycles. The molecule has 2 aromatic rings. The second-order valence-electron chi connectivity index (χ2n) is 4.34. The highest BCUT2D eigenvalue weighted by Gasteiger charge is 2.13. The van der Waals surface area contributed by atoms with Gasteiger partial charge in [-0.2, -0.15) is 5.10 Å².